The van der Waals surface area contributed by atoms with Gasteiger partial charge in [0.2, 0.25) is 0 Å². The maximum atomic E-state index is 12.2. The number of amides is 1. The normalized spacial score (nSPS) is 11.8. The number of esters is 1. The summed E-state index contributed by atoms with van der Waals surface area (Å²) in [6, 6.07) is 13.8. The van der Waals surface area contributed by atoms with Crippen LogP contribution in [0.4, 0.5) is 5.69 Å². The first kappa shape index (κ1) is 18.2. The lowest BCUT2D eigenvalue weighted by atomic mass is 10.1. The Kier molecular flexibility index (Phi) is 5.25. The third kappa shape index (κ3) is 4.35. The molecule has 0 aliphatic heterocycles. The predicted molar refractivity (Wildman–Crippen MR) is 98.2 cm³/mol. The van der Waals surface area contributed by atoms with E-state index in [0.717, 1.165) is 0 Å². The zero-order valence-corrected chi connectivity index (χ0v) is 14.9. The van der Waals surface area contributed by atoms with Crippen LogP contribution in [-0.2, 0) is 20.9 Å². The molecule has 1 aromatic heterocycles. The van der Waals surface area contributed by atoms with Crippen molar-refractivity contribution in [2.24, 2.45) is 0 Å². The van der Waals surface area contributed by atoms with Crippen LogP contribution in [0, 0.1) is 0 Å². The Bertz CT molecular complexity index is 1010. The van der Waals surface area contributed by atoms with Crippen molar-refractivity contribution in [3.05, 3.63) is 54.1 Å². The Hall–Kier alpha value is -3.55. The minimum atomic E-state index is -1.01. The van der Waals surface area contributed by atoms with Crippen molar-refractivity contribution in [1.82, 2.24) is 15.0 Å². The molecule has 0 aliphatic rings. The molecular formula is C19H18N4O4. The van der Waals surface area contributed by atoms with Crippen molar-refractivity contribution < 1.29 is 19.1 Å². The zero-order chi connectivity index (χ0) is 19.4. The highest BCUT2D eigenvalue weighted by Crippen LogP contribution is 2.13. The van der Waals surface area contributed by atoms with Gasteiger partial charge in [-0.25, -0.2) is 4.68 Å². The van der Waals surface area contributed by atoms with E-state index in [1.165, 1.54) is 18.5 Å². The topological polar surface area (TPSA) is 103 Å². The number of benzene rings is 2. The van der Waals surface area contributed by atoms with E-state index in [1.54, 1.807) is 36.4 Å². The summed E-state index contributed by atoms with van der Waals surface area (Å²) in [7, 11) is 0. The average Bonchev–Trinajstić information content (AvgIpc) is 3.04. The molecule has 8 heteroatoms. The number of hydrogen-bond donors (Lipinski definition) is 1. The number of nitrogens with zero attached hydrogens (tertiary/aromatic N) is 3. The van der Waals surface area contributed by atoms with Crippen molar-refractivity contribution in [3.8, 4) is 0 Å². The molecule has 0 bridgehead atoms. The number of nitrogens with one attached hydrogen (secondary N) is 1. The van der Waals surface area contributed by atoms with E-state index < -0.39 is 18.0 Å². The molecule has 0 radical (unpaired) electrons. The largest absolute Gasteiger partial charge is 0.451 e. The third-order valence-corrected chi connectivity index (χ3v) is 3.91. The maximum Gasteiger partial charge on any atom is 0.328 e. The first-order valence-corrected chi connectivity index (χ1v) is 8.33. The van der Waals surface area contributed by atoms with Crippen molar-refractivity contribution in [1.29, 1.82) is 0 Å². The molecule has 0 saturated carbocycles. The van der Waals surface area contributed by atoms with E-state index in [2.05, 4.69) is 15.6 Å². The van der Waals surface area contributed by atoms with Crippen molar-refractivity contribution in [3.63, 3.8) is 0 Å². The number of rotatable bonds is 6. The molecule has 0 aliphatic carbocycles. The average molecular weight is 366 g/mol. The molecule has 0 spiro atoms. The Labute approximate surface area is 155 Å². The number of fused-ring (bicyclic) bond motifs is 1. The molecule has 0 saturated heterocycles. The highest BCUT2D eigenvalue weighted by atomic mass is 16.5. The zero-order valence-electron chi connectivity index (χ0n) is 14.9. The molecule has 1 atom stereocenters. The van der Waals surface area contributed by atoms with Gasteiger partial charge in [0.05, 0.1) is 5.52 Å². The van der Waals surface area contributed by atoms with Gasteiger partial charge in [0, 0.05) is 11.3 Å². The van der Waals surface area contributed by atoms with Crippen LogP contribution in [0.3, 0.4) is 0 Å². The Morgan fingerprint density at radius 2 is 1.93 bits per heavy atom. The molecule has 3 rings (SSSR count). The van der Waals surface area contributed by atoms with Crippen LogP contribution in [0.5, 0.6) is 0 Å². The van der Waals surface area contributed by atoms with Gasteiger partial charge in [0.15, 0.2) is 11.9 Å². The molecule has 1 N–H and O–H groups in total. The lowest BCUT2D eigenvalue weighted by Crippen LogP contribution is -2.31. The summed E-state index contributed by atoms with van der Waals surface area (Å²) >= 11 is 0. The highest BCUT2D eigenvalue weighted by Gasteiger charge is 2.19. The minimum Gasteiger partial charge on any atom is -0.451 e. The summed E-state index contributed by atoms with van der Waals surface area (Å²) in [4.78, 5) is 35.8. The first-order chi connectivity index (χ1) is 12.9. The molecule has 1 heterocycles. The van der Waals surface area contributed by atoms with Crippen LogP contribution in [0.2, 0.25) is 0 Å². The second-order valence-electron chi connectivity index (χ2n) is 5.99. The second kappa shape index (κ2) is 7.77. The lowest BCUT2D eigenvalue weighted by Gasteiger charge is -2.14. The molecule has 2 aromatic carbocycles. The summed E-state index contributed by atoms with van der Waals surface area (Å²) in [6.45, 7) is 2.76. The van der Waals surface area contributed by atoms with Gasteiger partial charge in [-0.3, -0.25) is 14.4 Å². The maximum absolute atomic E-state index is 12.2. The molecule has 1 amide bonds. The fourth-order valence-corrected chi connectivity index (χ4v) is 2.50. The van der Waals surface area contributed by atoms with Gasteiger partial charge in [-0.15, -0.1) is 5.10 Å². The molecule has 8 nitrogen and oxygen atoms in total. The van der Waals surface area contributed by atoms with E-state index >= 15 is 0 Å². The number of carbonyl (C=O) groups excluding carboxylic acids is 3. The van der Waals surface area contributed by atoms with Crippen molar-refractivity contribution in [2.45, 2.75) is 26.5 Å². The number of anilines is 1. The third-order valence-electron chi connectivity index (χ3n) is 3.91. The van der Waals surface area contributed by atoms with Gasteiger partial charge in [0.25, 0.3) is 5.91 Å². The van der Waals surface area contributed by atoms with Gasteiger partial charge in [-0.1, -0.05) is 29.5 Å². The van der Waals surface area contributed by atoms with Gasteiger partial charge in [0.1, 0.15) is 12.1 Å². The molecule has 3 aromatic rings. The number of ether oxygens (including phenoxy) is 1. The Morgan fingerprint density at radius 3 is 2.70 bits per heavy atom. The number of hydrogen-bond acceptors (Lipinski definition) is 6. The van der Waals surface area contributed by atoms with Crippen LogP contribution >= 0.6 is 0 Å². The summed E-state index contributed by atoms with van der Waals surface area (Å²) in [5.74, 6) is -1.20. The van der Waals surface area contributed by atoms with Gasteiger partial charge in [-0.2, -0.15) is 0 Å². The number of carbonyl (C=O) groups is 3. The summed E-state index contributed by atoms with van der Waals surface area (Å²) in [5, 5.41) is 10.5. The van der Waals surface area contributed by atoms with Crippen LogP contribution in [0.15, 0.2) is 48.5 Å². The van der Waals surface area contributed by atoms with E-state index in [0.29, 0.717) is 22.3 Å². The molecule has 27 heavy (non-hydrogen) atoms. The summed E-state index contributed by atoms with van der Waals surface area (Å²) in [5.41, 5.74) is 2.31. The molecule has 1 unspecified atom stereocenters. The lowest BCUT2D eigenvalue weighted by molar-refractivity contribution is -0.153. The minimum absolute atomic E-state index is 0.106. The van der Waals surface area contributed by atoms with Crippen molar-refractivity contribution in [2.75, 3.05) is 5.32 Å². The molecule has 138 valence electrons. The fraction of sp³-hybridized carbons (Fsp3) is 0.211. The van der Waals surface area contributed by atoms with E-state index in [9.17, 15) is 14.4 Å². The van der Waals surface area contributed by atoms with Crippen LogP contribution in [0.25, 0.3) is 11.0 Å². The van der Waals surface area contributed by atoms with Gasteiger partial charge in [-0.05, 0) is 38.1 Å². The molecule has 0 fully saturated rings. The Morgan fingerprint density at radius 1 is 1.15 bits per heavy atom. The quantitative estimate of drug-likeness (QED) is 0.530. The van der Waals surface area contributed by atoms with E-state index in [4.69, 9.17) is 4.74 Å². The summed E-state index contributed by atoms with van der Waals surface area (Å²) < 4.78 is 6.59. The second-order valence-corrected chi connectivity index (χ2v) is 5.99. The van der Waals surface area contributed by atoms with E-state index in [1.807, 2.05) is 12.1 Å². The number of aromatic nitrogens is 3. The monoisotopic (exact) mass is 366 g/mol. The smallest absolute Gasteiger partial charge is 0.328 e. The fourth-order valence-electron chi connectivity index (χ4n) is 2.50. The van der Waals surface area contributed by atoms with Crippen LogP contribution in [-0.4, -0.2) is 38.8 Å². The standard InChI is InChI=1S/C19H18N4O4/c1-12(24)14-6-5-7-15(10-14)20-19(26)13(2)27-18(25)11-23-17-9-4-3-8-16(17)21-22-23/h3-10,13H,11H2,1-2H3,(H,20,26). The van der Waals surface area contributed by atoms with E-state index in [-0.39, 0.29) is 12.3 Å². The predicted octanol–water partition coefficient (Wildman–Crippen LogP) is 2.20. The number of para-hydroxylation sites is 1. The number of ketones is 1. The van der Waals surface area contributed by atoms with Crippen LogP contribution < -0.4 is 5.32 Å². The van der Waals surface area contributed by atoms with Crippen LogP contribution in [0.1, 0.15) is 24.2 Å². The molecular weight excluding hydrogens is 348 g/mol. The Balaban J connectivity index is 1.60. The van der Waals surface area contributed by atoms with Gasteiger partial charge >= 0.3 is 5.97 Å². The van der Waals surface area contributed by atoms with Gasteiger partial charge < -0.3 is 10.1 Å². The SMILES string of the molecule is CC(=O)c1cccc(NC(=O)C(C)OC(=O)Cn2nnc3ccccc32)c1. The number of Topliss-reactive ketones (excluding diaryl/α,β-unsaturated/α-hetero) is 1. The highest BCUT2D eigenvalue weighted by molar-refractivity contribution is 5.98. The van der Waals surface area contributed by atoms with Crippen molar-refractivity contribution >= 4 is 34.4 Å². The summed E-state index contributed by atoms with van der Waals surface area (Å²) in [6.07, 6.45) is -1.01. The first-order valence-electron chi connectivity index (χ1n) is 8.33.